The van der Waals surface area contributed by atoms with Crippen LogP contribution in [-0.2, 0) is 16.2 Å². The Morgan fingerprint density at radius 2 is 1.06 bits per heavy atom. The smallest absolute Gasteiger partial charge is 0.109 e. The second kappa shape index (κ2) is 13.3. The summed E-state index contributed by atoms with van der Waals surface area (Å²) in [6.07, 6.45) is 1.71. The van der Waals surface area contributed by atoms with Crippen LogP contribution in [0.15, 0.2) is 77.3 Å². The third kappa shape index (κ3) is 11.9. The molecule has 0 unspecified atom stereocenters. The molecule has 1 heteroatoms. The van der Waals surface area contributed by atoms with Gasteiger partial charge in [0.25, 0.3) is 0 Å². The van der Waals surface area contributed by atoms with E-state index in [1.165, 1.54) is 5.56 Å². The normalized spacial score (nSPS) is 12.7. The number of furan rings is 1. The second-order valence-electron chi connectivity index (χ2n) is 10.6. The first-order valence-electron chi connectivity index (χ1n) is 12.6. The van der Waals surface area contributed by atoms with Gasteiger partial charge in [0.05, 0.1) is 11.7 Å². The molecule has 0 saturated heterocycles. The summed E-state index contributed by atoms with van der Waals surface area (Å²) < 4.78 is 36.3. The predicted octanol–water partition coefficient (Wildman–Crippen LogP) is 10.1. The van der Waals surface area contributed by atoms with Crippen LogP contribution >= 0.6 is 0 Å². The molecule has 0 radical (unpaired) electrons. The SMILES string of the molecule is C.C.CC(C)(C)c1ccccc1.CC(C)(C)c1ccco1.[2H]c1c([2H])c(C(C)(C)C)c([2H])c([2H])c1C. The molecule has 32 heavy (non-hydrogen) atoms. The van der Waals surface area contributed by atoms with E-state index in [1.54, 1.807) is 13.2 Å². The lowest BCUT2D eigenvalue weighted by Gasteiger charge is -2.18. The van der Waals surface area contributed by atoms with Crippen molar-refractivity contribution in [3.8, 4) is 0 Å². The largest absolute Gasteiger partial charge is 0.469 e. The molecule has 3 rings (SSSR count). The number of hydrogen-bond donors (Lipinski definition) is 0. The Kier molecular flexibility index (Phi) is 10.1. The maximum Gasteiger partial charge on any atom is 0.109 e. The van der Waals surface area contributed by atoms with Gasteiger partial charge in [-0.15, -0.1) is 0 Å². The summed E-state index contributed by atoms with van der Waals surface area (Å²) in [5.41, 5.74) is 2.38. The summed E-state index contributed by atoms with van der Waals surface area (Å²) in [4.78, 5) is 0. The number of rotatable bonds is 0. The van der Waals surface area contributed by atoms with Crippen LogP contribution < -0.4 is 0 Å². The van der Waals surface area contributed by atoms with Crippen molar-refractivity contribution in [3.63, 3.8) is 0 Å². The van der Waals surface area contributed by atoms with Gasteiger partial charge in [-0.05, 0) is 41.0 Å². The molecule has 0 spiro atoms. The molecule has 0 bridgehead atoms. The Labute approximate surface area is 205 Å². The lowest BCUT2D eigenvalue weighted by molar-refractivity contribution is 0.409. The average molecular weight is 443 g/mol. The van der Waals surface area contributed by atoms with E-state index in [-0.39, 0.29) is 49.9 Å². The molecule has 0 saturated carbocycles. The van der Waals surface area contributed by atoms with E-state index in [2.05, 4.69) is 71.9 Å². The van der Waals surface area contributed by atoms with E-state index >= 15 is 0 Å². The molecule has 1 nitrogen and oxygen atoms in total. The Bertz CT molecular complexity index is 1000. The summed E-state index contributed by atoms with van der Waals surface area (Å²) in [6, 6.07) is 14.8. The van der Waals surface area contributed by atoms with Gasteiger partial charge in [0.15, 0.2) is 0 Å². The van der Waals surface area contributed by atoms with Crippen molar-refractivity contribution in [2.45, 2.75) is 100 Å². The fourth-order valence-corrected chi connectivity index (χ4v) is 2.39. The quantitative estimate of drug-likeness (QED) is 0.337. The first-order chi connectivity index (χ1) is 15.4. The van der Waals surface area contributed by atoms with Crippen molar-refractivity contribution in [1.82, 2.24) is 0 Å². The van der Waals surface area contributed by atoms with Gasteiger partial charge >= 0.3 is 0 Å². The highest BCUT2D eigenvalue weighted by atomic mass is 16.3. The molecule has 0 amide bonds. The molecule has 0 fully saturated rings. The maximum absolute atomic E-state index is 7.84. The van der Waals surface area contributed by atoms with Gasteiger partial charge in [0, 0.05) is 5.41 Å². The third-order valence-corrected chi connectivity index (χ3v) is 4.40. The summed E-state index contributed by atoms with van der Waals surface area (Å²) >= 11 is 0. The highest BCUT2D eigenvalue weighted by molar-refractivity contribution is 5.26. The van der Waals surface area contributed by atoms with E-state index < -0.39 is 0 Å². The minimum absolute atomic E-state index is 0. The van der Waals surface area contributed by atoms with Gasteiger partial charge in [0.2, 0.25) is 0 Å². The maximum atomic E-state index is 7.84. The first-order valence-corrected chi connectivity index (χ1v) is 10.6. The molecule has 0 atom stereocenters. The zero-order valence-corrected chi connectivity index (χ0v) is 20.5. The van der Waals surface area contributed by atoms with Crippen molar-refractivity contribution in [2.75, 3.05) is 0 Å². The number of benzene rings is 2. The fourth-order valence-electron chi connectivity index (χ4n) is 2.39. The zero-order valence-electron chi connectivity index (χ0n) is 24.5. The third-order valence-electron chi connectivity index (χ3n) is 4.40. The second-order valence-corrected chi connectivity index (χ2v) is 10.6. The van der Waals surface area contributed by atoms with Gasteiger partial charge in [-0.2, -0.15) is 0 Å². The van der Waals surface area contributed by atoms with Crippen molar-refractivity contribution in [2.24, 2.45) is 0 Å². The van der Waals surface area contributed by atoms with Crippen molar-refractivity contribution in [1.29, 1.82) is 0 Å². The summed E-state index contributed by atoms with van der Waals surface area (Å²) in [5.74, 6) is 1.04. The van der Waals surface area contributed by atoms with Gasteiger partial charge in [-0.1, -0.05) is 137 Å². The lowest BCUT2D eigenvalue weighted by Crippen LogP contribution is -2.10. The van der Waals surface area contributed by atoms with Crippen LogP contribution in [0.3, 0.4) is 0 Å². The zero-order chi connectivity index (χ0) is 26.5. The van der Waals surface area contributed by atoms with Crippen LogP contribution in [0.2, 0.25) is 0 Å². The minimum atomic E-state index is -0.368. The van der Waals surface area contributed by atoms with Crippen molar-refractivity contribution < 1.29 is 9.90 Å². The van der Waals surface area contributed by atoms with Gasteiger partial charge in [-0.25, -0.2) is 0 Å². The van der Waals surface area contributed by atoms with Gasteiger partial charge in [-0.3, -0.25) is 0 Å². The van der Waals surface area contributed by atoms with E-state index in [1.807, 2.05) is 32.9 Å². The molecule has 0 aliphatic carbocycles. The first kappa shape index (κ1) is 24.4. The topological polar surface area (TPSA) is 13.1 Å². The molecule has 180 valence electrons. The van der Waals surface area contributed by atoms with Crippen LogP contribution in [0, 0.1) is 6.92 Å². The van der Waals surface area contributed by atoms with E-state index in [0.29, 0.717) is 16.5 Å². The molecule has 1 aromatic heterocycles. The lowest BCUT2D eigenvalue weighted by atomic mass is 9.87. The molecule has 1 heterocycles. The molecule has 0 N–H and O–H groups in total. The summed E-state index contributed by atoms with van der Waals surface area (Å²) in [5, 5.41) is 0. The van der Waals surface area contributed by atoms with Crippen molar-refractivity contribution in [3.05, 3.63) is 95.3 Å². The van der Waals surface area contributed by atoms with E-state index in [4.69, 9.17) is 9.90 Å². The molecular formula is C31H50O. The van der Waals surface area contributed by atoms with Crippen LogP contribution in [0.4, 0.5) is 0 Å². The molecule has 2 aromatic carbocycles. The molecule has 3 aromatic rings. The molecular weight excluding hydrogens is 388 g/mol. The van der Waals surface area contributed by atoms with Gasteiger partial charge in [0.1, 0.15) is 5.76 Å². The van der Waals surface area contributed by atoms with E-state index in [0.717, 1.165) is 5.76 Å². The highest BCUT2D eigenvalue weighted by Gasteiger charge is 2.15. The van der Waals surface area contributed by atoms with Crippen molar-refractivity contribution >= 4 is 0 Å². The Balaban J connectivity index is 0. The standard InChI is InChI=1S/C11H16.C10H14.C8H12O.2CH4/c1-9-5-7-10(8-6-9)11(2,3)4;1-10(2,3)9-7-5-4-6-8-9;1-8(2,3)7-5-4-6-9-7;;/h5-8H,1-4H3;4-8H,1-3H3;4-6H,1-3H3;2*1H4/i5D,6D,7D,8D;;;;. The number of hydrogen-bond acceptors (Lipinski definition) is 1. The molecule has 0 aliphatic heterocycles. The Morgan fingerprint density at radius 1 is 0.594 bits per heavy atom. The fraction of sp³-hybridized carbons (Fsp3) is 0.484. The summed E-state index contributed by atoms with van der Waals surface area (Å²) in [6.45, 7) is 20.4. The Hall–Kier alpha value is -2.28. The molecule has 0 aliphatic rings. The van der Waals surface area contributed by atoms with E-state index in [9.17, 15) is 0 Å². The monoisotopic (exact) mass is 442 g/mol. The van der Waals surface area contributed by atoms with Crippen LogP contribution in [0.25, 0.3) is 0 Å². The Morgan fingerprint density at radius 3 is 1.34 bits per heavy atom. The summed E-state index contributed by atoms with van der Waals surface area (Å²) in [7, 11) is 0. The van der Waals surface area contributed by atoms with Crippen LogP contribution in [-0.4, -0.2) is 0 Å². The van der Waals surface area contributed by atoms with Crippen LogP contribution in [0.5, 0.6) is 0 Å². The predicted molar refractivity (Wildman–Crippen MR) is 146 cm³/mol. The van der Waals surface area contributed by atoms with Crippen LogP contribution in [0.1, 0.15) is 105 Å². The van der Waals surface area contributed by atoms with Gasteiger partial charge < -0.3 is 4.42 Å². The average Bonchev–Trinajstić information content (AvgIpc) is 3.27. The minimum Gasteiger partial charge on any atom is -0.469 e. The highest BCUT2D eigenvalue weighted by Crippen LogP contribution is 2.22.